The first-order chi connectivity index (χ1) is 11.6. The summed E-state index contributed by atoms with van der Waals surface area (Å²) in [6.07, 6.45) is 0.000864. The summed E-state index contributed by atoms with van der Waals surface area (Å²) in [5.41, 5.74) is -0.375. The van der Waals surface area contributed by atoms with E-state index in [9.17, 15) is 31.7 Å². The van der Waals surface area contributed by atoms with Crippen molar-refractivity contribution in [1.82, 2.24) is 0 Å². The maximum absolute atomic E-state index is 13.1. The molecule has 2 rings (SSSR count). The van der Waals surface area contributed by atoms with E-state index in [1.165, 1.54) is 0 Å². The highest BCUT2D eigenvalue weighted by Crippen LogP contribution is 2.25. The summed E-state index contributed by atoms with van der Waals surface area (Å²) in [4.78, 5) is 9.71. The van der Waals surface area contributed by atoms with Gasteiger partial charge in [-0.25, -0.2) is 26.7 Å². The summed E-state index contributed by atoms with van der Waals surface area (Å²) in [6, 6.07) is 4.54. The zero-order chi connectivity index (χ0) is 18.8. The fourth-order valence-corrected chi connectivity index (χ4v) is 2.81. The molecule has 0 aliphatic carbocycles. The SMILES string of the molecule is NS(=O)(=O)c1ccc([N+](=O)[O-])cc1NCCc1cc(F)c(F)c(F)c1. The predicted molar refractivity (Wildman–Crippen MR) is 83.0 cm³/mol. The number of benzene rings is 2. The molecule has 7 nitrogen and oxygen atoms in total. The van der Waals surface area contributed by atoms with Gasteiger partial charge in [0.2, 0.25) is 10.0 Å². The van der Waals surface area contributed by atoms with E-state index < -0.39 is 32.4 Å². The highest BCUT2D eigenvalue weighted by molar-refractivity contribution is 7.89. The zero-order valence-electron chi connectivity index (χ0n) is 12.5. The normalized spacial score (nSPS) is 11.4. The first-order valence-electron chi connectivity index (χ1n) is 6.78. The number of anilines is 1. The third-order valence-corrected chi connectivity index (χ3v) is 4.22. The minimum absolute atomic E-state index is 0.000864. The molecule has 134 valence electrons. The molecule has 0 amide bonds. The number of hydrogen-bond donors (Lipinski definition) is 2. The number of nitro groups is 1. The summed E-state index contributed by atoms with van der Waals surface area (Å²) >= 11 is 0. The molecule has 0 heterocycles. The van der Waals surface area contributed by atoms with Crippen molar-refractivity contribution >= 4 is 21.4 Å². The highest BCUT2D eigenvalue weighted by atomic mass is 32.2. The van der Waals surface area contributed by atoms with Gasteiger partial charge in [0.15, 0.2) is 17.5 Å². The van der Waals surface area contributed by atoms with Gasteiger partial charge in [-0.3, -0.25) is 10.1 Å². The average Bonchev–Trinajstić information content (AvgIpc) is 2.51. The number of sulfonamides is 1. The molecule has 0 aliphatic rings. The van der Waals surface area contributed by atoms with Crippen molar-refractivity contribution in [2.24, 2.45) is 5.14 Å². The van der Waals surface area contributed by atoms with Crippen LogP contribution in [0.25, 0.3) is 0 Å². The summed E-state index contributed by atoms with van der Waals surface area (Å²) < 4.78 is 62.2. The Kier molecular flexibility index (Phi) is 5.28. The number of nitrogens with two attached hydrogens (primary N) is 1. The maximum atomic E-state index is 13.1. The number of nitrogens with one attached hydrogen (secondary N) is 1. The third-order valence-electron chi connectivity index (χ3n) is 3.25. The summed E-state index contributed by atoms with van der Waals surface area (Å²) in [6.45, 7) is -0.0335. The Morgan fingerprint density at radius 2 is 1.72 bits per heavy atom. The molecule has 0 saturated carbocycles. The van der Waals surface area contributed by atoms with E-state index in [1.54, 1.807) is 0 Å². The molecule has 0 spiro atoms. The van der Waals surface area contributed by atoms with Crippen LogP contribution in [0, 0.1) is 27.6 Å². The lowest BCUT2D eigenvalue weighted by Crippen LogP contribution is -2.16. The smallest absolute Gasteiger partial charge is 0.271 e. The van der Waals surface area contributed by atoms with Crippen molar-refractivity contribution in [2.45, 2.75) is 11.3 Å². The van der Waals surface area contributed by atoms with E-state index >= 15 is 0 Å². The fourth-order valence-electron chi connectivity index (χ4n) is 2.11. The van der Waals surface area contributed by atoms with Crippen LogP contribution in [0.1, 0.15) is 5.56 Å². The molecule has 0 atom stereocenters. The number of hydrogen-bond acceptors (Lipinski definition) is 5. The first kappa shape index (κ1) is 18.7. The lowest BCUT2D eigenvalue weighted by molar-refractivity contribution is -0.384. The third kappa shape index (κ3) is 4.45. The van der Waals surface area contributed by atoms with Gasteiger partial charge in [-0.05, 0) is 30.2 Å². The van der Waals surface area contributed by atoms with Crippen molar-refractivity contribution in [1.29, 1.82) is 0 Å². The highest BCUT2D eigenvalue weighted by Gasteiger charge is 2.18. The number of primary sulfonamides is 1. The van der Waals surface area contributed by atoms with Gasteiger partial charge in [0, 0.05) is 18.7 Å². The van der Waals surface area contributed by atoms with Crippen molar-refractivity contribution in [3.05, 3.63) is 63.5 Å². The van der Waals surface area contributed by atoms with Crippen molar-refractivity contribution in [3.8, 4) is 0 Å². The van der Waals surface area contributed by atoms with Crippen LogP contribution < -0.4 is 10.5 Å². The molecule has 0 radical (unpaired) electrons. The van der Waals surface area contributed by atoms with Gasteiger partial charge in [-0.15, -0.1) is 0 Å². The van der Waals surface area contributed by atoms with Crippen LogP contribution in [0.5, 0.6) is 0 Å². The molecular formula is C14H12F3N3O4S. The average molecular weight is 375 g/mol. The number of nitro benzene ring substituents is 1. The molecule has 0 aliphatic heterocycles. The second-order valence-corrected chi connectivity index (χ2v) is 6.56. The molecule has 0 aromatic heterocycles. The largest absolute Gasteiger partial charge is 0.383 e. The molecule has 25 heavy (non-hydrogen) atoms. The monoisotopic (exact) mass is 375 g/mol. The Balaban J connectivity index is 2.22. The second-order valence-electron chi connectivity index (χ2n) is 5.03. The van der Waals surface area contributed by atoms with E-state index in [1.807, 2.05) is 0 Å². The molecule has 0 fully saturated rings. The van der Waals surface area contributed by atoms with Gasteiger partial charge in [0.05, 0.1) is 10.6 Å². The molecular weight excluding hydrogens is 363 g/mol. The Labute approximate surface area is 140 Å². The first-order valence-corrected chi connectivity index (χ1v) is 8.33. The topological polar surface area (TPSA) is 115 Å². The van der Waals surface area contributed by atoms with Crippen molar-refractivity contribution < 1.29 is 26.5 Å². The number of non-ortho nitro benzene ring substituents is 1. The molecule has 0 unspecified atom stereocenters. The number of nitrogens with zero attached hydrogens (tertiary/aromatic N) is 1. The molecule has 3 N–H and O–H groups in total. The van der Waals surface area contributed by atoms with Crippen LogP contribution in [0.4, 0.5) is 24.5 Å². The van der Waals surface area contributed by atoms with Crippen LogP contribution in [-0.2, 0) is 16.4 Å². The van der Waals surface area contributed by atoms with Crippen molar-refractivity contribution in [2.75, 3.05) is 11.9 Å². The van der Waals surface area contributed by atoms with E-state index in [2.05, 4.69) is 5.32 Å². The van der Waals surface area contributed by atoms with Gasteiger partial charge < -0.3 is 5.32 Å². The van der Waals surface area contributed by atoms with Crippen LogP contribution in [0.2, 0.25) is 0 Å². The molecule has 11 heteroatoms. The summed E-state index contributed by atoms with van der Waals surface area (Å²) in [7, 11) is -4.14. The lowest BCUT2D eigenvalue weighted by atomic mass is 10.1. The quantitative estimate of drug-likeness (QED) is 0.457. The van der Waals surface area contributed by atoms with Crippen LogP contribution >= 0.6 is 0 Å². The fraction of sp³-hybridized carbons (Fsp3) is 0.143. The second kappa shape index (κ2) is 7.07. The van der Waals surface area contributed by atoms with E-state index in [-0.39, 0.29) is 34.8 Å². The van der Waals surface area contributed by atoms with Crippen LogP contribution in [0.15, 0.2) is 35.2 Å². The molecule has 0 bridgehead atoms. The molecule has 0 saturated heterocycles. The number of halogens is 3. The minimum atomic E-state index is -4.14. The Hall–Kier alpha value is -2.66. The van der Waals surface area contributed by atoms with E-state index in [0.717, 1.165) is 30.3 Å². The van der Waals surface area contributed by atoms with E-state index in [0.29, 0.717) is 0 Å². The Bertz CT molecular complexity index is 912. The van der Waals surface area contributed by atoms with Crippen LogP contribution in [-0.4, -0.2) is 19.9 Å². The minimum Gasteiger partial charge on any atom is -0.383 e. The molecule has 2 aromatic carbocycles. The predicted octanol–water partition coefficient (Wildman–Crippen LogP) is 2.31. The lowest BCUT2D eigenvalue weighted by Gasteiger charge is -2.11. The Morgan fingerprint density at radius 3 is 2.24 bits per heavy atom. The van der Waals surface area contributed by atoms with Gasteiger partial charge in [-0.2, -0.15) is 0 Å². The zero-order valence-corrected chi connectivity index (χ0v) is 13.3. The summed E-state index contributed by atoms with van der Waals surface area (Å²) in [5, 5.41) is 18.5. The number of rotatable bonds is 6. The van der Waals surface area contributed by atoms with Crippen molar-refractivity contribution in [3.63, 3.8) is 0 Å². The van der Waals surface area contributed by atoms with Crippen LogP contribution in [0.3, 0.4) is 0 Å². The maximum Gasteiger partial charge on any atom is 0.271 e. The van der Waals surface area contributed by atoms with E-state index in [4.69, 9.17) is 5.14 Å². The van der Waals surface area contributed by atoms with Gasteiger partial charge in [0.25, 0.3) is 5.69 Å². The summed E-state index contributed by atoms with van der Waals surface area (Å²) in [5.74, 6) is -4.29. The van der Waals surface area contributed by atoms with Gasteiger partial charge in [-0.1, -0.05) is 0 Å². The molecule has 2 aromatic rings. The van der Waals surface area contributed by atoms with Gasteiger partial charge in [0.1, 0.15) is 4.90 Å². The Morgan fingerprint density at radius 1 is 1.12 bits per heavy atom. The van der Waals surface area contributed by atoms with Gasteiger partial charge >= 0.3 is 0 Å². The standard InChI is InChI=1S/C14H12F3N3O4S/c15-10-5-8(6-11(16)14(10)17)3-4-19-12-7-9(20(21)22)1-2-13(12)25(18,23)24/h1-2,5-7,19H,3-4H2,(H2,18,23,24).